The first-order valence-corrected chi connectivity index (χ1v) is 5.53. The van der Waals surface area contributed by atoms with E-state index < -0.39 is 22.4 Å². The lowest BCUT2D eigenvalue weighted by molar-refractivity contribution is 0.156. The number of carbonyl (C=O) groups is 2. The molecule has 2 amide bonds. The van der Waals surface area contributed by atoms with E-state index in [2.05, 4.69) is 9.47 Å². The van der Waals surface area contributed by atoms with Gasteiger partial charge in [-0.05, 0) is 13.8 Å². The zero-order valence-electron chi connectivity index (χ0n) is 8.27. The van der Waals surface area contributed by atoms with Gasteiger partial charge in [0.25, 0.3) is 0 Å². The maximum atomic E-state index is 11.0. The van der Waals surface area contributed by atoms with Crippen LogP contribution in [0.3, 0.4) is 0 Å². The summed E-state index contributed by atoms with van der Waals surface area (Å²) in [4.78, 5) is 21.4. The molecule has 0 aliphatic carbocycles. The fourth-order valence-electron chi connectivity index (χ4n) is 0.566. The molecule has 0 aromatic rings. The minimum Gasteiger partial charge on any atom is -0.449 e. The van der Waals surface area contributed by atoms with Crippen LogP contribution >= 0.6 is 0 Å². The van der Waals surface area contributed by atoms with E-state index in [1.54, 1.807) is 0 Å². The normalized spacial score (nSPS) is 10.3. The van der Waals surface area contributed by atoms with E-state index in [4.69, 9.17) is 0 Å². The Morgan fingerprint density at radius 3 is 1.60 bits per heavy atom. The quantitative estimate of drug-likeness (QED) is 0.699. The Labute approximate surface area is 87.1 Å². The first-order chi connectivity index (χ1) is 6.91. The molecule has 0 bridgehead atoms. The highest BCUT2D eigenvalue weighted by atomic mass is 32.2. The molecule has 0 aliphatic rings. The molecule has 2 N–H and O–H groups in total. The minimum absolute atomic E-state index is 0.0146. The van der Waals surface area contributed by atoms with Gasteiger partial charge in [0, 0.05) is 0 Å². The second-order valence-electron chi connectivity index (χ2n) is 2.15. The van der Waals surface area contributed by atoms with Gasteiger partial charge in [-0.2, -0.15) is 8.42 Å². The van der Waals surface area contributed by atoms with Crippen molar-refractivity contribution in [1.82, 2.24) is 9.44 Å². The highest BCUT2D eigenvalue weighted by Gasteiger charge is 2.18. The molecule has 0 aromatic carbocycles. The largest absolute Gasteiger partial charge is 0.449 e. The molecular weight excluding hydrogens is 228 g/mol. The summed E-state index contributed by atoms with van der Waals surface area (Å²) in [5.41, 5.74) is 0. The third-order valence-electron chi connectivity index (χ3n) is 0.986. The maximum absolute atomic E-state index is 11.0. The molecule has 0 spiro atoms. The zero-order valence-corrected chi connectivity index (χ0v) is 9.09. The van der Waals surface area contributed by atoms with Crippen molar-refractivity contribution >= 4 is 22.4 Å². The molecule has 0 atom stereocenters. The summed E-state index contributed by atoms with van der Waals surface area (Å²) < 4.78 is 33.4. The molecule has 0 rings (SSSR count). The molecule has 0 unspecified atom stereocenters. The third-order valence-corrected chi connectivity index (χ3v) is 1.86. The number of rotatable bonds is 4. The molecule has 0 radical (unpaired) electrons. The van der Waals surface area contributed by atoms with Crippen LogP contribution in [0.5, 0.6) is 0 Å². The van der Waals surface area contributed by atoms with Gasteiger partial charge in [-0.3, -0.25) is 0 Å². The van der Waals surface area contributed by atoms with Crippen LogP contribution in [0.15, 0.2) is 0 Å². The van der Waals surface area contributed by atoms with Crippen LogP contribution in [0.4, 0.5) is 9.59 Å². The van der Waals surface area contributed by atoms with Crippen molar-refractivity contribution in [2.75, 3.05) is 13.2 Å². The molecular formula is C6H12N2O6S. The molecule has 0 heterocycles. The van der Waals surface area contributed by atoms with Crippen LogP contribution < -0.4 is 9.44 Å². The monoisotopic (exact) mass is 240 g/mol. The first kappa shape index (κ1) is 13.5. The van der Waals surface area contributed by atoms with Crippen LogP contribution in [0.25, 0.3) is 0 Å². The van der Waals surface area contributed by atoms with Crippen molar-refractivity contribution in [3.8, 4) is 0 Å². The van der Waals surface area contributed by atoms with E-state index >= 15 is 0 Å². The van der Waals surface area contributed by atoms with Crippen LogP contribution in [0.2, 0.25) is 0 Å². The van der Waals surface area contributed by atoms with Gasteiger partial charge in [0.15, 0.2) is 0 Å². The van der Waals surface area contributed by atoms with Crippen LogP contribution in [-0.4, -0.2) is 33.8 Å². The molecule has 9 heteroatoms. The van der Waals surface area contributed by atoms with Gasteiger partial charge in [-0.1, -0.05) is 0 Å². The van der Waals surface area contributed by atoms with Crippen molar-refractivity contribution in [2.45, 2.75) is 13.8 Å². The van der Waals surface area contributed by atoms with Crippen molar-refractivity contribution in [3.63, 3.8) is 0 Å². The van der Waals surface area contributed by atoms with Crippen molar-refractivity contribution in [3.05, 3.63) is 0 Å². The van der Waals surface area contributed by atoms with Gasteiger partial charge >= 0.3 is 22.4 Å². The summed E-state index contributed by atoms with van der Waals surface area (Å²) in [6.07, 6.45) is -2.34. The lowest BCUT2D eigenvalue weighted by Gasteiger charge is -2.07. The standard InChI is InChI=1S/C6H12N2O6S/c1-3-13-5(9)7-15(11,12)8-6(10)14-4-2/h3-4H2,1-2H3,(H,7,9)(H,8,10). The smallest absolute Gasteiger partial charge is 0.422 e. The Morgan fingerprint density at radius 2 is 1.33 bits per heavy atom. The average molecular weight is 240 g/mol. The number of amides is 2. The summed E-state index contributed by atoms with van der Waals surface area (Å²) in [6, 6.07) is 0. The van der Waals surface area contributed by atoms with Gasteiger partial charge in [-0.25, -0.2) is 19.0 Å². The highest BCUT2D eigenvalue weighted by Crippen LogP contribution is 1.84. The summed E-state index contributed by atoms with van der Waals surface area (Å²) in [7, 11) is -4.27. The molecule has 0 saturated carbocycles. The molecule has 15 heavy (non-hydrogen) atoms. The molecule has 88 valence electrons. The Balaban J connectivity index is 4.19. The van der Waals surface area contributed by atoms with Crippen molar-refractivity contribution in [1.29, 1.82) is 0 Å². The predicted molar refractivity (Wildman–Crippen MR) is 49.2 cm³/mol. The van der Waals surface area contributed by atoms with Gasteiger partial charge in [0.2, 0.25) is 0 Å². The second-order valence-corrected chi connectivity index (χ2v) is 3.56. The van der Waals surface area contributed by atoms with E-state index in [1.807, 2.05) is 0 Å². The number of ether oxygens (including phenoxy) is 2. The highest BCUT2D eigenvalue weighted by molar-refractivity contribution is 7.88. The Bertz CT molecular complexity index is 299. The minimum atomic E-state index is -4.27. The van der Waals surface area contributed by atoms with Crippen LogP contribution in [-0.2, 0) is 19.7 Å². The lowest BCUT2D eigenvalue weighted by Crippen LogP contribution is -2.43. The molecule has 8 nitrogen and oxygen atoms in total. The van der Waals surface area contributed by atoms with Crippen molar-refractivity contribution in [2.24, 2.45) is 0 Å². The van der Waals surface area contributed by atoms with E-state index in [0.717, 1.165) is 0 Å². The van der Waals surface area contributed by atoms with Gasteiger partial charge < -0.3 is 9.47 Å². The van der Waals surface area contributed by atoms with E-state index in [1.165, 1.54) is 23.3 Å². The second kappa shape index (κ2) is 6.06. The Hall–Kier alpha value is -1.51. The molecule has 0 saturated heterocycles. The van der Waals surface area contributed by atoms with Gasteiger partial charge in [-0.15, -0.1) is 0 Å². The van der Waals surface area contributed by atoms with E-state index in [-0.39, 0.29) is 13.2 Å². The summed E-state index contributed by atoms with van der Waals surface area (Å²) in [6.45, 7) is 3.04. The van der Waals surface area contributed by atoms with E-state index in [9.17, 15) is 18.0 Å². The summed E-state index contributed by atoms with van der Waals surface area (Å²) in [5.74, 6) is 0. The number of carbonyl (C=O) groups excluding carboxylic acids is 2. The summed E-state index contributed by atoms with van der Waals surface area (Å²) >= 11 is 0. The zero-order chi connectivity index (χ0) is 11.9. The fourth-order valence-corrected chi connectivity index (χ4v) is 1.17. The molecule has 0 aromatic heterocycles. The van der Waals surface area contributed by atoms with Crippen LogP contribution in [0.1, 0.15) is 13.8 Å². The van der Waals surface area contributed by atoms with Crippen molar-refractivity contribution < 1.29 is 27.5 Å². The Morgan fingerprint density at radius 1 is 1.00 bits per heavy atom. The van der Waals surface area contributed by atoms with Crippen LogP contribution in [0, 0.1) is 0 Å². The first-order valence-electron chi connectivity index (χ1n) is 4.05. The SMILES string of the molecule is CCOC(=O)NS(=O)(=O)NC(=O)OCC. The van der Waals surface area contributed by atoms with Gasteiger partial charge in [0.1, 0.15) is 0 Å². The van der Waals surface area contributed by atoms with Gasteiger partial charge in [0.05, 0.1) is 13.2 Å². The fraction of sp³-hybridized carbons (Fsp3) is 0.667. The Kier molecular flexibility index (Phi) is 5.45. The predicted octanol–water partition coefficient (Wildman–Crippen LogP) is -0.277. The number of hydrogen-bond acceptors (Lipinski definition) is 6. The third kappa shape index (κ3) is 6.55. The van der Waals surface area contributed by atoms with E-state index in [0.29, 0.717) is 0 Å². The number of hydrogen-bond donors (Lipinski definition) is 2. The number of nitrogens with one attached hydrogen (secondary N) is 2. The average Bonchev–Trinajstić information content (AvgIpc) is 2.01. The topological polar surface area (TPSA) is 111 Å². The molecule has 0 fully saturated rings. The molecule has 0 aliphatic heterocycles. The maximum Gasteiger partial charge on any atom is 0.422 e. The summed E-state index contributed by atoms with van der Waals surface area (Å²) in [5, 5.41) is 0. The lowest BCUT2D eigenvalue weighted by atomic mass is 10.9.